The van der Waals surface area contributed by atoms with E-state index in [4.69, 9.17) is 16.3 Å². The van der Waals surface area contributed by atoms with E-state index in [2.05, 4.69) is 17.6 Å². The van der Waals surface area contributed by atoms with Gasteiger partial charge in [0.1, 0.15) is 5.75 Å². The summed E-state index contributed by atoms with van der Waals surface area (Å²) in [4.78, 5) is 0. The molecule has 4 heteroatoms. The summed E-state index contributed by atoms with van der Waals surface area (Å²) < 4.78 is 5.23. The molecular formula is C15H23ClN2O. The molecule has 3 nitrogen and oxygen atoms in total. The Morgan fingerprint density at radius 3 is 3.00 bits per heavy atom. The molecule has 1 heterocycles. The van der Waals surface area contributed by atoms with Crippen molar-refractivity contribution in [3.05, 3.63) is 23.2 Å². The van der Waals surface area contributed by atoms with E-state index in [0.717, 1.165) is 24.4 Å². The number of rotatable bonds is 5. The lowest BCUT2D eigenvalue weighted by atomic mass is 9.98. The maximum atomic E-state index is 6.03. The fourth-order valence-electron chi connectivity index (χ4n) is 2.64. The normalized spacial score (nSPS) is 20.9. The molecule has 1 fully saturated rings. The number of hydrogen-bond acceptors (Lipinski definition) is 3. The number of piperidine rings is 1. The maximum Gasteiger partial charge on any atom is 0.139 e. The molecule has 1 aromatic rings. The highest BCUT2D eigenvalue weighted by molar-refractivity contribution is 6.32. The Morgan fingerprint density at radius 1 is 1.47 bits per heavy atom. The second kappa shape index (κ2) is 7.01. The lowest BCUT2D eigenvalue weighted by Gasteiger charge is -2.27. The van der Waals surface area contributed by atoms with Crippen molar-refractivity contribution < 1.29 is 4.74 Å². The molecule has 0 amide bonds. The minimum atomic E-state index is 0.432. The fourth-order valence-corrected chi connectivity index (χ4v) is 2.84. The minimum absolute atomic E-state index is 0.432. The highest BCUT2D eigenvalue weighted by atomic mass is 35.5. The van der Waals surface area contributed by atoms with Gasteiger partial charge in [-0.1, -0.05) is 18.0 Å². The first-order valence-corrected chi connectivity index (χ1v) is 7.40. The molecule has 2 rings (SSSR count). The molecule has 2 N–H and O–H groups in total. The first-order chi connectivity index (χ1) is 9.19. The molecule has 19 heavy (non-hydrogen) atoms. The summed E-state index contributed by atoms with van der Waals surface area (Å²) >= 11 is 6.03. The van der Waals surface area contributed by atoms with Crippen LogP contribution in [0.5, 0.6) is 5.75 Å². The van der Waals surface area contributed by atoms with Gasteiger partial charge < -0.3 is 15.4 Å². The zero-order chi connectivity index (χ0) is 13.7. The van der Waals surface area contributed by atoms with Crippen molar-refractivity contribution >= 4 is 17.3 Å². The van der Waals surface area contributed by atoms with Crippen molar-refractivity contribution in [2.45, 2.75) is 44.7 Å². The third kappa shape index (κ3) is 4.29. The lowest BCUT2D eigenvalue weighted by molar-refractivity contribution is 0.371. The lowest BCUT2D eigenvalue weighted by Crippen LogP contribution is -2.37. The average Bonchev–Trinajstić information content (AvgIpc) is 2.42. The Hall–Kier alpha value is -0.930. The van der Waals surface area contributed by atoms with Crippen LogP contribution in [-0.4, -0.2) is 25.7 Å². The largest absolute Gasteiger partial charge is 0.495 e. The summed E-state index contributed by atoms with van der Waals surface area (Å²) in [6.45, 7) is 3.38. The van der Waals surface area contributed by atoms with Gasteiger partial charge in [-0.3, -0.25) is 0 Å². The fraction of sp³-hybridized carbons (Fsp3) is 0.600. The molecule has 1 aliphatic heterocycles. The number of halogens is 1. The number of hydrogen-bond donors (Lipinski definition) is 2. The molecule has 1 aromatic carbocycles. The standard InChI is InChI=1S/C15H23ClN2O/c1-11(9-12-5-3-4-8-17-12)18-13-6-7-14(16)15(10-13)19-2/h6-7,10-12,17-18H,3-5,8-9H2,1-2H3. The smallest absolute Gasteiger partial charge is 0.139 e. The predicted octanol–water partition coefficient (Wildman–Crippen LogP) is 3.68. The predicted molar refractivity (Wildman–Crippen MR) is 81.3 cm³/mol. The van der Waals surface area contributed by atoms with Crippen LogP contribution in [0.4, 0.5) is 5.69 Å². The molecule has 1 saturated heterocycles. The summed E-state index contributed by atoms with van der Waals surface area (Å²) in [5, 5.41) is 7.74. The van der Waals surface area contributed by atoms with E-state index in [0.29, 0.717) is 17.1 Å². The van der Waals surface area contributed by atoms with Gasteiger partial charge in [-0.05, 0) is 44.9 Å². The van der Waals surface area contributed by atoms with Gasteiger partial charge in [0.25, 0.3) is 0 Å². The van der Waals surface area contributed by atoms with Gasteiger partial charge in [0.2, 0.25) is 0 Å². The number of methoxy groups -OCH3 is 1. The van der Waals surface area contributed by atoms with Crippen LogP contribution in [0.25, 0.3) is 0 Å². The van der Waals surface area contributed by atoms with Gasteiger partial charge in [-0.2, -0.15) is 0 Å². The van der Waals surface area contributed by atoms with Gasteiger partial charge >= 0.3 is 0 Å². The van der Waals surface area contributed by atoms with Crippen LogP contribution in [-0.2, 0) is 0 Å². The molecule has 1 aliphatic rings. The third-order valence-corrected chi connectivity index (χ3v) is 3.93. The Morgan fingerprint density at radius 2 is 2.32 bits per heavy atom. The molecule has 2 unspecified atom stereocenters. The number of anilines is 1. The second-order valence-electron chi connectivity index (χ2n) is 5.28. The number of ether oxygens (including phenoxy) is 1. The van der Waals surface area contributed by atoms with E-state index >= 15 is 0 Å². The topological polar surface area (TPSA) is 33.3 Å². The molecule has 0 bridgehead atoms. The maximum absolute atomic E-state index is 6.03. The SMILES string of the molecule is COc1cc(NC(C)CC2CCCCN2)ccc1Cl. The van der Waals surface area contributed by atoms with Gasteiger partial charge in [0, 0.05) is 23.8 Å². The van der Waals surface area contributed by atoms with Gasteiger partial charge in [0.15, 0.2) is 0 Å². The van der Waals surface area contributed by atoms with Crippen molar-refractivity contribution in [3.8, 4) is 5.75 Å². The van der Waals surface area contributed by atoms with Crippen LogP contribution in [0.2, 0.25) is 5.02 Å². The number of benzene rings is 1. The van der Waals surface area contributed by atoms with Crippen molar-refractivity contribution in [1.29, 1.82) is 0 Å². The highest BCUT2D eigenvalue weighted by Gasteiger charge is 2.15. The summed E-state index contributed by atoms with van der Waals surface area (Å²) in [6, 6.07) is 6.89. The molecule has 0 aliphatic carbocycles. The van der Waals surface area contributed by atoms with E-state index in [1.165, 1.54) is 19.3 Å². The molecule has 2 atom stereocenters. The van der Waals surface area contributed by atoms with E-state index < -0.39 is 0 Å². The van der Waals surface area contributed by atoms with Crippen LogP contribution in [0.1, 0.15) is 32.6 Å². The van der Waals surface area contributed by atoms with Crippen LogP contribution in [0, 0.1) is 0 Å². The Labute approximate surface area is 120 Å². The highest BCUT2D eigenvalue weighted by Crippen LogP contribution is 2.28. The summed E-state index contributed by atoms with van der Waals surface area (Å²) in [6.07, 6.45) is 5.09. The van der Waals surface area contributed by atoms with E-state index in [1.54, 1.807) is 7.11 Å². The molecule has 0 saturated carbocycles. The Kier molecular flexibility index (Phi) is 5.34. The molecule has 0 aromatic heterocycles. The Balaban J connectivity index is 1.88. The first-order valence-electron chi connectivity index (χ1n) is 7.02. The van der Waals surface area contributed by atoms with Crippen molar-refractivity contribution in [1.82, 2.24) is 5.32 Å². The van der Waals surface area contributed by atoms with Crippen molar-refractivity contribution in [2.75, 3.05) is 19.0 Å². The van der Waals surface area contributed by atoms with E-state index in [9.17, 15) is 0 Å². The van der Waals surface area contributed by atoms with Gasteiger partial charge in [0.05, 0.1) is 12.1 Å². The average molecular weight is 283 g/mol. The minimum Gasteiger partial charge on any atom is -0.495 e. The van der Waals surface area contributed by atoms with Crippen LogP contribution in [0.3, 0.4) is 0 Å². The molecule has 0 radical (unpaired) electrons. The Bertz CT molecular complexity index is 405. The number of nitrogens with one attached hydrogen (secondary N) is 2. The zero-order valence-electron chi connectivity index (χ0n) is 11.7. The monoisotopic (exact) mass is 282 g/mol. The molecular weight excluding hydrogens is 260 g/mol. The quantitative estimate of drug-likeness (QED) is 0.864. The van der Waals surface area contributed by atoms with Crippen LogP contribution < -0.4 is 15.4 Å². The van der Waals surface area contributed by atoms with Crippen LogP contribution in [0.15, 0.2) is 18.2 Å². The summed E-state index contributed by atoms with van der Waals surface area (Å²) in [5.41, 5.74) is 1.06. The molecule has 106 valence electrons. The van der Waals surface area contributed by atoms with E-state index in [-0.39, 0.29) is 0 Å². The van der Waals surface area contributed by atoms with Crippen molar-refractivity contribution in [2.24, 2.45) is 0 Å². The second-order valence-corrected chi connectivity index (χ2v) is 5.68. The summed E-state index contributed by atoms with van der Waals surface area (Å²) in [5.74, 6) is 0.717. The van der Waals surface area contributed by atoms with Crippen LogP contribution >= 0.6 is 11.6 Å². The zero-order valence-corrected chi connectivity index (χ0v) is 12.5. The van der Waals surface area contributed by atoms with Gasteiger partial charge in [-0.25, -0.2) is 0 Å². The van der Waals surface area contributed by atoms with E-state index in [1.807, 2.05) is 18.2 Å². The third-order valence-electron chi connectivity index (χ3n) is 3.61. The molecule has 0 spiro atoms. The first kappa shape index (κ1) is 14.5. The van der Waals surface area contributed by atoms with Gasteiger partial charge in [-0.15, -0.1) is 0 Å². The van der Waals surface area contributed by atoms with Crippen molar-refractivity contribution in [3.63, 3.8) is 0 Å². The summed E-state index contributed by atoms with van der Waals surface area (Å²) in [7, 11) is 1.64.